The molecule has 0 atom stereocenters. The van der Waals surface area contributed by atoms with Crippen LogP contribution in [0, 0.1) is 0 Å². The molecule has 1 heterocycles. The van der Waals surface area contributed by atoms with Crippen LogP contribution in [0.15, 0.2) is 41.5 Å². The van der Waals surface area contributed by atoms with Crippen molar-refractivity contribution in [3.8, 4) is 17.2 Å². The van der Waals surface area contributed by atoms with Gasteiger partial charge in [0.2, 0.25) is 0 Å². The van der Waals surface area contributed by atoms with Gasteiger partial charge in [0, 0.05) is 24.4 Å². The molecule has 0 fully saturated rings. The Morgan fingerprint density at radius 2 is 1.73 bits per heavy atom. The Bertz CT molecular complexity index is 720. The highest BCUT2D eigenvalue weighted by Crippen LogP contribution is 2.34. The molecule has 0 aliphatic carbocycles. The van der Waals surface area contributed by atoms with E-state index in [1.54, 1.807) is 33.6 Å². The summed E-state index contributed by atoms with van der Waals surface area (Å²) in [5.41, 5.74) is 1.85. The van der Waals surface area contributed by atoms with Crippen LogP contribution in [0.5, 0.6) is 17.2 Å². The van der Waals surface area contributed by atoms with E-state index in [0.29, 0.717) is 36.3 Å². The first-order valence-electron chi connectivity index (χ1n) is 8.42. The third-order valence-electron chi connectivity index (χ3n) is 3.70. The van der Waals surface area contributed by atoms with Gasteiger partial charge in [0.25, 0.3) is 0 Å². The first kappa shape index (κ1) is 19.4. The zero-order valence-corrected chi connectivity index (χ0v) is 15.7. The summed E-state index contributed by atoms with van der Waals surface area (Å²) in [4.78, 5) is 8.93. The second-order valence-electron chi connectivity index (χ2n) is 5.39. The predicted molar refractivity (Wildman–Crippen MR) is 102 cm³/mol. The predicted octanol–water partition coefficient (Wildman–Crippen LogP) is 2.36. The number of aromatic nitrogens is 1. The molecule has 1 aromatic carbocycles. The summed E-state index contributed by atoms with van der Waals surface area (Å²) in [5, 5.41) is 6.50. The summed E-state index contributed by atoms with van der Waals surface area (Å²) in [6.45, 7) is 3.81. The molecular formula is C19H26N4O3. The number of rotatable bonds is 8. The Kier molecular flexibility index (Phi) is 7.54. The molecule has 0 amide bonds. The summed E-state index contributed by atoms with van der Waals surface area (Å²) >= 11 is 0. The number of ether oxygens (including phenoxy) is 3. The molecule has 7 heteroatoms. The van der Waals surface area contributed by atoms with Gasteiger partial charge in [0.1, 0.15) is 5.75 Å². The lowest BCUT2D eigenvalue weighted by Crippen LogP contribution is -2.37. The average molecular weight is 358 g/mol. The van der Waals surface area contributed by atoms with E-state index in [2.05, 4.69) is 20.6 Å². The van der Waals surface area contributed by atoms with Gasteiger partial charge in [-0.15, -0.1) is 0 Å². The molecule has 2 N–H and O–H groups in total. The molecule has 0 aliphatic heterocycles. The van der Waals surface area contributed by atoms with Gasteiger partial charge in [0.05, 0.1) is 40.1 Å². The Morgan fingerprint density at radius 3 is 2.35 bits per heavy atom. The highest BCUT2D eigenvalue weighted by atomic mass is 16.5. The molecule has 0 spiro atoms. The fraction of sp³-hybridized carbons (Fsp3) is 0.368. The summed E-state index contributed by atoms with van der Waals surface area (Å²) in [6, 6.07) is 9.50. The second-order valence-corrected chi connectivity index (χ2v) is 5.39. The first-order chi connectivity index (χ1) is 12.7. The van der Waals surface area contributed by atoms with Crippen LogP contribution in [-0.2, 0) is 13.1 Å². The summed E-state index contributed by atoms with van der Waals surface area (Å²) in [5.74, 6) is 2.67. The minimum atomic E-state index is 0.432. The van der Waals surface area contributed by atoms with E-state index >= 15 is 0 Å². The summed E-state index contributed by atoms with van der Waals surface area (Å²) in [6.07, 6.45) is 1.77. The van der Waals surface area contributed by atoms with Gasteiger partial charge >= 0.3 is 0 Å². The van der Waals surface area contributed by atoms with Gasteiger partial charge < -0.3 is 24.8 Å². The molecule has 2 aromatic rings. The Hall–Kier alpha value is -2.96. The van der Waals surface area contributed by atoms with E-state index in [0.717, 1.165) is 17.8 Å². The molecule has 0 bridgehead atoms. The molecule has 7 nitrogen and oxygen atoms in total. The largest absolute Gasteiger partial charge is 0.496 e. The number of nitrogens with one attached hydrogen (secondary N) is 2. The Balaban J connectivity index is 2.15. The molecule has 0 saturated heterocycles. The van der Waals surface area contributed by atoms with Crippen molar-refractivity contribution >= 4 is 5.96 Å². The highest BCUT2D eigenvalue weighted by molar-refractivity contribution is 5.79. The van der Waals surface area contributed by atoms with Crippen molar-refractivity contribution in [3.05, 3.63) is 47.8 Å². The van der Waals surface area contributed by atoms with Crippen LogP contribution in [0.3, 0.4) is 0 Å². The van der Waals surface area contributed by atoms with Gasteiger partial charge in [0.15, 0.2) is 17.5 Å². The quantitative estimate of drug-likeness (QED) is 0.557. The van der Waals surface area contributed by atoms with Crippen molar-refractivity contribution in [3.63, 3.8) is 0 Å². The minimum Gasteiger partial charge on any atom is -0.496 e. The lowest BCUT2D eigenvalue weighted by atomic mass is 10.1. The van der Waals surface area contributed by atoms with Crippen molar-refractivity contribution in [2.45, 2.75) is 20.0 Å². The number of methoxy groups -OCH3 is 3. The molecule has 0 saturated carbocycles. The lowest BCUT2D eigenvalue weighted by Gasteiger charge is -2.14. The van der Waals surface area contributed by atoms with Crippen molar-refractivity contribution in [2.24, 2.45) is 4.99 Å². The second kappa shape index (κ2) is 10.1. The van der Waals surface area contributed by atoms with Gasteiger partial charge in [-0.1, -0.05) is 6.07 Å². The van der Waals surface area contributed by atoms with Crippen LogP contribution in [0.1, 0.15) is 18.2 Å². The number of guanidine groups is 1. The molecule has 1 aromatic heterocycles. The molecule has 0 aliphatic rings. The van der Waals surface area contributed by atoms with E-state index in [1.807, 2.05) is 31.2 Å². The van der Waals surface area contributed by atoms with Crippen LogP contribution in [0.25, 0.3) is 0 Å². The van der Waals surface area contributed by atoms with Crippen LogP contribution in [0.2, 0.25) is 0 Å². The monoisotopic (exact) mass is 358 g/mol. The fourth-order valence-corrected chi connectivity index (χ4v) is 2.40. The van der Waals surface area contributed by atoms with E-state index in [-0.39, 0.29) is 0 Å². The third-order valence-corrected chi connectivity index (χ3v) is 3.70. The third kappa shape index (κ3) is 5.27. The van der Waals surface area contributed by atoms with Crippen LogP contribution < -0.4 is 24.8 Å². The van der Waals surface area contributed by atoms with E-state index in [9.17, 15) is 0 Å². The summed E-state index contributed by atoms with van der Waals surface area (Å²) in [7, 11) is 4.83. The smallest absolute Gasteiger partial charge is 0.191 e. The van der Waals surface area contributed by atoms with Gasteiger partial charge in [-0.2, -0.15) is 0 Å². The zero-order valence-electron chi connectivity index (χ0n) is 15.7. The maximum atomic E-state index is 5.45. The molecular weight excluding hydrogens is 332 g/mol. The fourth-order valence-electron chi connectivity index (χ4n) is 2.40. The van der Waals surface area contributed by atoms with Crippen molar-refractivity contribution in [2.75, 3.05) is 27.9 Å². The SMILES string of the molecule is CCNC(=NCc1cc(OC)c(OC)cc1OC)NCc1ccccn1. The maximum absolute atomic E-state index is 5.45. The van der Waals surface area contributed by atoms with E-state index in [1.165, 1.54) is 0 Å². The number of nitrogens with zero attached hydrogens (tertiary/aromatic N) is 2. The highest BCUT2D eigenvalue weighted by Gasteiger charge is 2.11. The maximum Gasteiger partial charge on any atom is 0.191 e. The van der Waals surface area contributed by atoms with Crippen molar-refractivity contribution in [1.82, 2.24) is 15.6 Å². The Labute approximate surface area is 154 Å². The van der Waals surface area contributed by atoms with Crippen molar-refractivity contribution in [1.29, 1.82) is 0 Å². The topological polar surface area (TPSA) is 77.0 Å². The van der Waals surface area contributed by atoms with Gasteiger partial charge in [-0.05, 0) is 25.1 Å². The number of benzene rings is 1. The zero-order chi connectivity index (χ0) is 18.8. The van der Waals surface area contributed by atoms with Crippen LogP contribution in [-0.4, -0.2) is 38.8 Å². The van der Waals surface area contributed by atoms with E-state index < -0.39 is 0 Å². The lowest BCUT2D eigenvalue weighted by molar-refractivity contribution is 0.347. The normalized spacial score (nSPS) is 11.0. The number of hydrogen-bond acceptors (Lipinski definition) is 5. The molecule has 0 radical (unpaired) electrons. The van der Waals surface area contributed by atoms with Crippen LogP contribution in [0.4, 0.5) is 0 Å². The molecule has 0 unspecified atom stereocenters. The number of pyridine rings is 1. The molecule has 26 heavy (non-hydrogen) atoms. The summed E-state index contributed by atoms with van der Waals surface area (Å²) < 4.78 is 16.1. The van der Waals surface area contributed by atoms with E-state index in [4.69, 9.17) is 14.2 Å². The molecule has 2 rings (SSSR count). The molecule has 140 valence electrons. The minimum absolute atomic E-state index is 0.432. The van der Waals surface area contributed by atoms with Gasteiger partial charge in [-0.3, -0.25) is 4.98 Å². The van der Waals surface area contributed by atoms with Crippen LogP contribution >= 0.6 is 0 Å². The first-order valence-corrected chi connectivity index (χ1v) is 8.42. The number of hydrogen-bond donors (Lipinski definition) is 2. The Morgan fingerprint density at radius 1 is 1.00 bits per heavy atom. The number of aliphatic imine (C=N–C) groups is 1. The average Bonchev–Trinajstić information content (AvgIpc) is 2.70. The van der Waals surface area contributed by atoms with Crippen molar-refractivity contribution < 1.29 is 14.2 Å². The standard InChI is InChI=1S/C19H26N4O3/c1-5-20-19(23-13-15-8-6-7-9-21-15)22-12-14-10-17(25-3)18(26-4)11-16(14)24-2/h6-11H,5,12-13H2,1-4H3,(H2,20,22,23). The van der Waals surface area contributed by atoms with Gasteiger partial charge in [-0.25, -0.2) is 4.99 Å².